The Morgan fingerprint density at radius 3 is 2.50 bits per heavy atom. The molecule has 0 aromatic heterocycles. The topological polar surface area (TPSA) is 9.23 Å². The zero-order valence-electron chi connectivity index (χ0n) is 6.74. The van der Waals surface area contributed by atoms with Crippen molar-refractivity contribution >= 4 is 31.9 Å². The molecule has 1 aromatic rings. The molecule has 0 radical (unpaired) electrons. The second-order valence-electron chi connectivity index (χ2n) is 2.35. The van der Waals surface area contributed by atoms with Gasteiger partial charge in [-0.1, -0.05) is 15.9 Å². The average molecular weight is 334 g/mol. The first kappa shape index (κ1) is 11.8. The van der Waals surface area contributed by atoms with Gasteiger partial charge >= 0.3 is 6.61 Å². The predicted molar refractivity (Wildman–Crippen MR) is 53.4 cm³/mol. The molecule has 0 saturated heterocycles. The maximum atomic E-state index is 13.3. The van der Waals surface area contributed by atoms with Crippen LogP contribution in [0.15, 0.2) is 16.6 Å². The number of ether oxygens (including phenoxy) is 1. The average Bonchev–Trinajstić information content (AvgIpc) is 2.11. The lowest BCUT2D eigenvalue weighted by atomic mass is 10.2. The van der Waals surface area contributed by atoms with Crippen molar-refractivity contribution in [1.82, 2.24) is 0 Å². The molecule has 0 bridgehead atoms. The third kappa shape index (κ3) is 2.63. The highest BCUT2D eigenvalue weighted by atomic mass is 79.9. The summed E-state index contributed by atoms with van der Waals surface area (Å²) in [7, 11) is 0. The molecule has 0 unspecified atom stereocenters. The van der Waals surface area contributed by atoms with Crippen LogP contribution in [0, 0.1) is 5.82 Å². The minimum Gasteiger partial charge on any atom is -0.434 e. The van der Waals surface area contributed by atoms with Gasteiger partial charge in [-0.3, -0.25) is 0 Å². The Labute approximate surface area is 95.5 Å². The van der Waals surface area contributed by atoms with Crippen LogP contribution in [-0.4, -0.2) is 6.61 Å². The fraction of sp³-hybridized carbons (Fsp3) is 0.250. The van der Waals surface area contributed by atoms with Crippen molar-refractivity contribution in [2.45, 2.75) is 11.9 Å². The van der Waals surface area contributed by atoms with E-state index in [0.29, 0.717) is 0 Å². The number of benzene rings is 1. The van der Waals surface area contributed by atoms with E-state index in [1.165, 1.54) is 12.1 Å². The Bertz CT molecular complexity index is 331. The van der Waals surface area contributed by atoms with E-state index < -0.39 is 12.4 Å². The molecule has 0 amide bonds. The smallest absolute Gasteiger partial charge is 0.387 e. The van der Waals surface area contributed by atoms with E-state index in [4.69, 9.17) is 0 Å². The molecule has 1 aromatic carbocycles. The first-order chi connectivity index (χ1) is 6.56. The van der Waals surface area contributed by atoms with Crippen molar-refractivity contribution in [3.63, 3.8) is 0 Å². The fourth-order valence-corrected chi connectivity index (χ4v) is 1.80. The van der Waals surface area contributed by atoms with Crippen LogP contribution >= 0.6 is 31.9 Å². The van der Waals surface area contributed by atoms with E-state index in [9.17, 15) is 13.2 Å². The second kappa shape index (κ2) is 5.02. The largest absolute Gasteiger partial charge is 0.434 e. The molecule has 1 nitrogen and oxygen atoms in total. The third-order valence-electron chi connectivity index (χ3n) is 1.50. The lowest BCUT2D eigenvalue weighted by Crippen LogP contribution is -2.05. The maximum absolute atomic E-state index is 13.3. The van der Waals surface area contributed by atoms with Gasteiger partial charge in [0.2, 0.25) is 0 Å². The third-order valence-corrected chi connectivity index (χ3v) is 2.68. The van der Waals surface area contributed by atoms with Crippen molar-refractivity contribution in [3.8, 4) is 5.75 Å². The summed E-state index contributed by atoms with van der Waals surface area (Å²) in [5.41, 5.74) is 0.0691. The Hall–Kier alpha value is -0.230. The lowest BCUT2D eigenvalue weighted by Gasteiger charge is -2.10. The van der Waals surface area contributed by atoms with Crippen LogP contribution in [0.5, 0.6) is 5.75 Å². The van der Waals surface area contributed by atoms with Gasteiger partial charge in [0.05, 0.1) is 4.47 Å². The van der Waals surface area contributed by atoms with E-state index in [0.717, 1.165) is 0 Å². The minimum absolute atomic E-state index is 0.0691. The summed E-state index contributed by atoms with van der Waals surface area (Å²) in [5.74, 6) is -0.752. The number of hydrogen-bond donors (Lipinski definition) is 0. The summed E-state index contributed by atoms with van der Waals surface area (Å²) in [4.78, 5) is 0. The van der Waals surface area contributed by atoms with Crippen LogP contribution < -0.4 is 4.74 Å². The predicted octanol–water partition coefficient (Wildman–Crippen LogP) is 4.08. The Morgan fingerprint density at radius 2 is 2.00 bits per heavy atom. The van der Waals surface area contributed by atoms with E-state index in [2.05, 4.69) is 36.6 Å². The van der Waals surface area contributed by atoms with Crippen molar-refractivity contribution in [1.29, 1.82) is 0 Å². The number of halogens is 5. The molecule has 1 rings (SSSR count). The van der Waals surface area contributed by atoms with Crippen LogP contribution in [0.4, 0.5) is 13.2 Å². The Morgan fingerprint density at radius 1 is 1.36 bits per heavy atom. The van der Waals surface area contributed by atoms with Gasteiger partial charge in [0.15, 0.2) is 0 Å². The molecule has 0 aliphatic carbocycles. The molecule has 78 valence electrons. The number of alkyl halides is 3. The second-order valence-corrected chi connectivity index (χ2v) is 3.77. The van der Waals surface area contributed by atoms with Gasteiger partial charge in [0.25, 0.3) is 0 Å². The molecule has 0 heterocycles. The van der Waals surface area contributed by atoms with E-state index in [1.807, 2.05) is 0 Å². The Kier molecular flexibility index (Phi) is 4.25. The van der Waals surface area contributed by atoms with Gasteiger partial charge in [-0.25, -0.2) is 4.39 Å². The normalized spacial score (nSPS) is 10.7. The van der Waals surface area contributed by atoms with Crippen LogP contribution in [0.25, 0.3) is 0 Å². The molecule has 6 heteroatoms. The van der Waals surface area contributed by atoms with Crippen LogP contribution in [0.1, 0.15) is 5.56 Å². The quantitative estimate of drug-likeness (QED) is 0.757. The standard InChI is InChI=1S/C8H5Br2F3O/c9-3-4-6(14-8(12)13)2-1-5(10)7(4)11/h1-2,8H,3H2. The van der Waals surface area contributed by atoms with Crippen molar-refractivity contribution in [2.24, 2.45) is 0 Å². The molecule has 0 spiro atoms. The van der Waals surface area contributed by atoms with Crippen molar-refractivity contribution in [2.75, 3.05) is 0 Å². The highest BCUT2D eigenvalue weighted by Gasteiger charge is 2.14. The molecule has 0 fully saturated rings. The highest BCUT2D eigenvalue weighted by molar-refractivity contribution is 9.10. The first-order valence-corrected chi connectivity index (χ1v) is 5.45. The molecular weight excluding hydrogens is 329 g/mol. The van der Waals surface area contributed by atoms with E-state index >= 15 is 0 Å². The first-order valence-electron chi connectivity index (χ1n) is 3.54. The molecular formula is C8H5Br2F3O. The monoisotopic (exact) mass is 332 g/mol. The lowest BCUT2D eigenvalue weighted by molar-refractivity contribution is -0.0505. The van der Waals surface area contributed by atoms with E-state index in [1.54, 1.807) is 0 Å². The molecule has 0 aliphatic heterocycles. The zero-order chi connectivity index (χ0) is 10.7. The van der Waals surface area contributed by atoms with Gasteiger partial charge in [-0.15, -0.1) is 0 Å². The number of hydrogen-bond acceptors (Lipinski definition) is 1. The summed E-state index contributed by atoms with van der Waals surface area (Å²) in [6.07, 6.45) is 0. The van der Waals surface area contributed by atoms with Crippen LogP contribution in [0.3, 0.4) is 0 Å². The van der Waals surface area contributed by atoms with Crippen molar-refractivity contribution in [3.05, 3.63) is 28.0 Å². The van der Waals surface area contributed by atoms with Gasteiger partial charge in [0, 0.05) is 10.9 Å². The summed E-state index contributed by atoms with van der Waals surface area (Å²) in [6.45, 7) is -2.95. The maximum Gasteiger partial charge on any atom is 0.387 e. The summed E-state index contributed by atoms with van der Waals surface area (Å²) in [5, 5.41) is 0.111. The minimum atomic E-state index is -2.95. The molecule has 14 heavy (non-hydrogen) atoms. The van der Waals surface area contributed by atoms with E-state index in [-0.39, 0.29) is 21.1 Å². The fourth-order valence-electron chi connectivity index (χ4n) is 0.906. The SMILES string of the molecule is Fc1c(Br)ccc(OC(F)F)c1CBr. The summed E-state index contributed by atoms with van der Waals surface area (Å²) >= 11 is 5.95. The van der Waals surface area contributed by atoms with Gasteiger partial charge in [-0.2, -0.15) is 8.78 Å². The summed E-state index contributed by atoms with van der Waals surface area (Å²) < 4.78 is 41.5. The van der Waals surface area contributed by atoms with Gasteiger partial charge in [0.1, 0.15) is 11.6 Å². The van der Waals surface area contributed by atoms with Crippen LogP contribution in [0.2, 0.25) is 0 Å². The summed E-state index contributed by atoms with van der Waals surface area (Å²) in [6, 6.07) is 2.61. The molecule has 0 saturated carbocycles. The van der Waals surface area contributed by atoms with Gasteiger partial charge < -0.3 is 4.74 Å². The Balaban J connectivity index is 3.10. The zero-order valence-corrected chi connectivity index (χ0v) is 9.91. The highest BCUT2D eigenvalue weighted by Crippen LogP contribution is 2.30. The van der Waals surface area contributed by atoms with Crippen molar-refractivity contribution < 1.29 is 17.9 Å². The molecule has 0 aliphatic rings. The number of rotatable bonds is 3. The van der Waals surface area contributed by atoms with Gasteiger partial charge in [-0.05, 0) is 28.1 Å². The molecule has 0 atom stereocenters. The molecule has 0 N–H and O–H groups in total. The van der Waals surface area contributed by atoms with Crippen LogP contribution in [-0.2, 0) is 5.33 Å².